The zero-order valence-corrected chi connectivity index (χ0v) is 35.8. The van der Waals surface area contributed by atoms with Crippen molar-refractivity contribution in [3.63, 3.8) is 0 Å². The summed E-state index contributed by atoms with van der Waals surface area (Å²) < 4.78 is 28.3. The molecular formula is C50H49N7O7. The minimum absolute atomic E-state index is 0.0195. The van der Waals surface area contributed by atoms with Crippen LogP contribution in [0, 0.1) is 11.3 Å². The fraction of sp³-hybridized carbons (Fsp3) is 0.320. The van der Waals surface area contributed by atoms with Crippen molar-refractivity contribution in [3.05, 3.63) is 143 Å². The van der Waals surface area contributed by atoms with E-state index in [4.69, 9.17) is 18.9 Å². The first-order valence-corrected chi connectivity index (χ1v) is 21.8. The Morgan fingerprint density at radius 1 is 0.828 bits per heavy atom. The summed E-state index contributed by atoms with van der Waals surface area (Å²) in [5.74, 6) is 2.78. The largest absolute Gasteiger partial charge is 0.496 e. The van der Waals surface area contributed by atoms with E-state index in [1.165, 1.54) is 7.11 Å². The van der Waals surface area contributed by atoms with E-state index in [9.17, 15) is 20.0 Å². The molecule has 0 bridgehead atoms. The summed E-state index contributed by atoms with van der Waals surface area (Å²) in [5, 5.41) is 26.9. The molecule has 5 aliphatic rings. The normalized spacial score (nSPS) is 17.5. The molecule has 2 spiro atoms. The molecule has 64 heavy (non-hydrogen) atoms. The molecule has 2 N–H and O–H groups in total. The molecule has 14 nitrogen and oxygen atoms in total. The Kier molecular flexibility index (Phi) is 10.6. The number of carbonyl (C=O) groups is 2. The van der Waals surface area contributed by atoms with Crippen LogP contribution in [-0.2, 0) is 24.9 Å². The third-order valence-corrected chi connectivity index (χ3v) is 13.3. The van der Waals surface area contributed by atoms with Crippen LogP contribution in [0.3, 0.4) is 0 Å². The second kappa shape index (κ2) is 16.6. The smallest absolute Gasteiger partial charge is 0.257 e. The van der Waals surface area contributed by atoms with Gasteiger partial charge >= 0.3 is 0 Å². The number of amides is 2. The number of rotatable bonds is 6. The van der Waals surface area contributed by atoms with E-state index >= 15 is 0 Å². The van der Waals surface area contributed by atoms with Crippen LogP contribution in [0.1, 0.15) is 68.9 Å². The molecule has 2 aromatic heterocycles. The van der Waals surface area contributed by atoms with E-state index in [1.54, 1.807) is 18.2 Å². The zero-order valence-electron chi connectivity index (χ0n) is 35.8. The topological polar surface area (TPSA) is 156 Å². The summed E-state index contributed by atoms with van der Waals surface area (Å²) in [6, 6.07) is 34.7. The number of nitrogens with zero attached hydrogens (tertiary/aromatic N) is 6. The van der Waals surface area contributed by atoms with E-state index in [0.717, 1.165) is 58.5 Å². The van der Waals surface area contributed by atoms with Crippen molar-refractivity contribution < 1.29 is 33.6 Å². The van der Waals surface area contributed by atoms with Gasteiger partial charge in [-0.2, -0.15) is 10.4 Å². The molecule has 0 aliphatic carbocycles. The number of aliphatic hydroxyl groups is 1. The Labute approximate surface area is 371 Å². The van der Waals surface area contributed by atoms with E-state index in [-0.39, 0.29) is 24.5 Å². The molecule has 11 rings (SSSR count). The number of para-hydroxylation sites is 4. The maximum absolute atomic E-state index is 13.3. The minimum atomic E-state index is -0.547. The fourth-order valence-electron chi connectivity index (χ4n) is 9.79. The van der Waals surface area contributed by atoms with Crippen LogP contribution in [0.2, 0.25) is 0 Å². The Morgan fingerprint density at radius 2 is 1.50 bits per heavy atom. The van der Waals surface area contributed by atoms with Crippen LogP contribution in [0.25, 0.3) is 16.9 Å². The maximum Gasteiger partial charge on any atom is 0.257 e. The molecule has 7 heterocycles. The van der Waals surface area contributed by atoms with Gasteiger partial charge in [0.15, 0.2) is 5.60 Å². The molecule has 2 amide bonds. The van der Waals surface area contributed by atoms with E-state index in [0.29, 0.717) is 80.0 Å². The van der Waals surface area contributed by atoms with Gasteiger partial charge in [-0.25, -0.2) is 0 Å². The van der Waals surface area contributed by atoms with Crippen molar-refractivity contribution in [2.45, 2.75) is 49.6 Å². The quantitative estimate of drug-likeness (QED) is 0.194. The van der Waals surface area contributed by atoms with Gasteiger partial charge in [-0.3, -0.25) is 18.8 Å². The van der Waals surface area contributed by atoms with Gasteiger partial charge in [0, 0.05) is 94.3 Å². The number of carbonyl (C=O) groups excluding carboxylic acids is 2. The molecule has 4 aromatic carbocycles. The number of ether oxygens (including phenoxy) is 4. The van der Waals surface area contributed by atoms with Crippen LogP contribution in [0.5, 0.6) is 23.0 Å². The van der Waals surface area contributed by atoms with Crippen molar-refractivity contribution in [2.75, 3.05) is 46.4 Å². The monoisotopic (exact) mass is 859 g/mol. The molecule has 14 heteroatoms. The first-order chi connectivity index (χ1) is 31.2. The maximum atomic E-state index is 13.3. The van der Waals surface area contributed by atoms with Gasteiger partial charge < -0.3 is 39.2 Å². The van der Waals surface area contributed by atoms with Crippen LogP contribution >= 0.6 is 0 Å². The Balaban J connectivity index is 0.000000152. The summed E-state index contributed by atoms with van der Waals surface area (Å²) in [4.78, 5) is 30.2. The third kappa shape index (κ3) is 7.01. The van der Waals surface area contributed by atoms with Crippen molar-refractivity contribution in [1.82, 2.24) is 29.5 Å². The minimum Gasteiger partial charge on any atom is -0.496 e. The molecule has 3 fully saturated rings. The predicted molar refractivity (Wildman–Crippen MR) is 237 cm³/mol. The third-order valence-electron chi connectivity index (χ3n) is 13.3. The van der Waals surface area contributed by atoms with Gasteiger partial charge in [0.25, 0.3) is 11.8 Å². The van der Waals surface area contributed by atoms with Crippen LogP contribution in [0.15, 0.2) is 109 Å². The Hall–Kier alpha value is -7.08. The van der Waals surface area contributed by atoms with Crippen LogP contribution in [-0.4, -0.2) is 93.6 Å². The van der Waals surface area contributed by atoms with Gasteiger partial charge in [0.05, 0.1) is 42.6 Å². The van der Waals surface area contributed by atoms with E-state index in [1.807, 2.05) is 111 Å². The van der Waals surface area contributed by atoms with Gasteiger partial charge in [0.1, 0.15) is 46.5 Å². The average molecular weight is 860 g/mol. The Bertz CT molecular complexity index is 2770. The van der Waals surface area contributed by atoms with Crippen LogP contribution in [0.4, 0.5) is 0 Å². The molecule has 0 atom stereocenters. The van der Waals surface area contributed by atoms with Gasteiger partial charge in [0.2, 0.25) is 0 Å². The molecule has 0 saturated carbocycles. The van der Waals surface area contributed by atoms with Crippen molar-refractivity contribution in [2.24, 2.45) is 7.05 Å². The predicted octanol–water partition coefficient (Wildman–Crippen LogP) is 6.34. The Morgan fingerprint density at radius 3 is 2.19 bits per heavy atom. The van der Waals surface area contributed by atoms with Gasteiger partial charge in [-0.15, -0.1) is 0 Å². The van der Waals surface area contributed by atoms with Crippen LogP contribution < -0.4 is 24.3 Å². The molecular weight excluding hydrogens is 811 g/mol. The number of likely N-dealkylation sites (tertiary alicyclic amines) is 2. The SMILES string of the molecule is COc1c(CO)cccc1C(=O)N1CCC2(CC1)Oc1ccccc1-c1c2cnn1C.N#Cc1ccc2n1-c1ccccc1OC21CCN(C(=O)c2ccc(OC3CNC3)cc2)CC1. The lowest BCUT2D eigenvalue weighted by atomic mass is 9.81. The number of benzene rings is 4. The number of fused-ring (bicyclic) bond motifs is 8. The summed E-state index contributed by atoms with van der Waals surface area (Å²) >= 11 is 0. The summed E-state index contributed by atoms with van der Waals surface area (Å²) in [7, 11) is 3.47. The lowest BCUT2D eigenvalue weighted by molar-refractivity contribution is -0.00941. The number of nitriles is 1. The molecule has 326 valence electrons. The van der Waals surface area contributed by atoms with E-state index < -0.39 is 11.2 Å². The molecule has 6 aromatic rings. The molecule has 3 saturated heterocycles. The number of nitrogens with one attached hydrogen (secondary N) is 1. The number of aryl methyl sites for hydroxylation is 1. The van der Waals surface area contributed by atoms with Gasteiger partial charge in [-0.1, -0.05) is 36.4 Å². The highest BCUT2D eigenvalue weighted by molar-refractivity contribution is 5.97. The van der Waals surface area contributed by atoms with Crippen molar-refractivity contribution >= 4 is 11.8 Å². The highest BCUT2D eigenvalue weighted by Crippen LogP contribution is 2.50. The number of aromatic nitrogens is 3. The lowest BCUT2D eigenvalue weighted by Crippen LogP contribution is -2.50. The molecule has 0 radical (unpaired) electrons. The van der Waals surface area contributed by atoms with Gasteiger partial charge in [-0.05, 0) is 66.7 Å². The average Bonchev–Trinajstić information content (AvgIpc) is 3.96. The second-order valence-electron chi connectivity index (χ2n) is 16.9. The number of methoxy groups -OCH3 is 1. The summed E-state index contributed by atoms with van der Waals surface area (Å²) in [6.07, 6.45) is 4.79. The molecule has 5 aliphatic heterocycles. The lowest BCUT2D eigenvalue weighted by Gasteiger charge is -2.45. The molecule has 0 unspecified atom stereocenters. The second-order valence-corrected chi connectivity index (χ2v) is 16.9. The standard InChI is InChI=1S/C26H24N4O3.C24H25N3O4/c27-15-19-7-10-24-26(33-23-4-2-1-3-22(23)30(19)24)11-13-29(14-12-26)25(31)18-5-8-20(9-6-18)32-21-16-28-17-21;1-26-21-17-7-3-4-9-20(17)31-24(19(21)14-25-26)10-12-27(13-11-24)23(29)18-8-5-6-16(15-28)22(18)30-2/h1-10,21,28H,11-14,16-17H2;3-9,14,28H,10-13,15H2,1-2H3. The number of hydrogen-bond acceptors (Lipinski definition) is 10. The highest BCUT2D eigenvalue weighted by Gasteiger charge is 2.47. The van der Waals surface area contributed by atoms with Crippen molar-refractivity contribution in [3.8, 4) is 46.0 Å². The summed E-state index contributed by atoms with van der Waals surface area (Å²) in [5.41, 5.74) is 6.38. The number of hydrogen-bond donors (Lipinski definition) is 2. The number of piperidine rings is 2. The summed E-state index contributed by atoms with van der Waals surface area (Å²) in [6.45, 7) is 3.83. The zero-order chi connectivity index (χ0) is 44.0. The first kappa shape index (κ1) is 41.0. The number of aliphatic hydroxyl groups excluding tert-OH is 1. The highest BCUT2D eigenvalue weighted by atomic mass is 16.5. The first-order valence-electron chi connectivity index (χ1n) is 21.8. The van der Waals surface area contributed by atoms with Crippen molar-refractivity contribution in [1.29, 1.82) is 5.26 Å². The fourth-order valence-corrected chi connectivity index (χ4v) is 9.79. The van der Waals surface area contributed by atoms with E-state index in [2.05, 4.69) is 22.6 Å².